The van der Waals surface area contributed by atoms with Crippen LogP contribution in [0, 0.1) is 5.41 Å². The van der Waals surface area contributed by atoms with E-state index in [4.69, 9.17) is 0 Å². The van der Waals surface area contributed by atoms with Gasteiger partial charge in [-0.2, -0.15) is 0 Å². The zero-order valence-electron chi connectivity index (χ0n) is 14.7. The zero-order chi connectivity index (χ0) is 15.6. The molecule has 0 fully saturated rings. The zero-order valence-corrected chi connectivity index (χ0v) is 14.7. The number of hydrogen-bond acceptors (Lipinski definition) is 2. The summed E-state index contributed by atoms with van der Waals surface area (Å²) >= 11 is 0. The van der Waals surface area contributed by atoms with Gasteiger partial charge in [-0.15, -0.1) is 0 Å². The van der Waals surface area contributed by atoms with Crippen LogP contribution in [0.25, 0.3) is 0 Å². The molecule has 0 aromatic heterocycles. The maximum Gasteiger partial charge on any atom is 0.191 e. The second kappa shape index (κ2) is 10.0. The largest absolute Gasteiger partial charge is 0.357 e. The van der Waals surface area contributed by atoms with E-state index in [1.165, 1.54) is 12.8 Å². The van der Waals surface area contributed by atoms with Crippen molar-refractivity contribution in [3.8, 4) is 0 Å². The normalized spacial score (nSPS) is 14.5. The van der Waals surface area contributed by atoms with Gasteiger partial charge in [0.05, 0.1) is 0 Å². The predicted molar refractivity (Wildman–Crippen MR) is 90.4 cm³/mol. The molecule has 0 aliphatic heterocycles. The Morgan fingerprint density at radius 2 is 1.90 bits per heavy atom. The van der Waals surface area contributed by atoms with Crippen molar-refractivity contribution in [2.75, 3.05) is 33.7 Å². The third-order valence-electron chi connectivity index (χ3n) is 3.09. The fourth-order valence-corrected chi connectivity index (χ4v) is 1.85. The molecule has 20 heavy (non-hydrogen) atoms. The van der Waals surface area contributed by atoms with Crippen LogP contribution in [0.2, 0.25) is 0 Å². The first-order chi connectivity index (χ1) is 9.24. The lowest BCUT2D eigenvalue weighted by atomic mass is 9.89. The second-order valence-corrected chi connectivity index (χ2v) is 7.06. The van der Waals surface area contributed by atoms with Crippen LogP contribution < -0.4 is 10.6 Å². The second-order valence-electron chi connectivity index (χ2n) is 7.06. The summed E-state index contributed by atoms with van der Waals surface area (Å²) in [5.41, 5.74) is 0.400. The molecule has 0 aliphatic carbocycles. The molecule has 0 radical (unpaired) electrons. The molecule has 4 nitrogen and oxygen atoms in total. The minimum atomic E-state index is 0.400. The van der Waals surface area contributed by atoms with Crippen LogP contribution in [0.4, 0.5) is 0 Å². The van der Waals surface area contributed by atoms with E-state index >= 15 is 0 Å². The molecule has 0 bridgehead atoms. The fourth-order valence-electron chi connectivity index (χ4n) is 1.85. The van der Waals surface area contributed by atoms with Gasteiger partial charge in [0.1, 0.15) is 0 Å². The molecule has 2 N–H and O–H groups in total. The molecule has 0 saturated carbocycles. The molecule has 0 aromatic carbocycles. The first kappa shape index (κ1) is 19.2. The summed E-state index contributed by atoms with van der Waals surface area (Å²) in [4.78, 5) is 6.83. The van der Waals surface area contributed by atoms with Crippen LogP contribution in [0.15, 0.2) is 4.99 Å². The summed E-state index contributed by atoms with van der Waals surface area (Å²) < 4.78 is 0. The number of guanidine groups is 1. The minimum Gasteiger partial charge on any atom is -0.357 e. The highest BCUT2D eigenvalue weighted by atomic mass is 15.2. The van der Waals surface area contributed by atoms with E-state index in [1.54, 1.807) is 0 Å². The molecule has 4 heteroatoms. The quantitative estimate of drug-likeness (QED) is 0.409. The van der Waals surface area contributed by atoms with E-state index < -0.39 is 0 Å². The number of aliphatic imine (C=N–C) groups is 1. The van der Waals surface area contributed by atoms with Crippen molar-refractivity contribution in [1.29, 1.82) is 0 Å². The van der Waals surface area contributed by atoms with Crippen molar-refractivity contribution in [2.24, 2.45) is 10.4 Å². The van der Waals surface area contributed by atoms with Gasteiger partial charge < -0.3 is 15.5 Å². The van der Waals surface area contributed by atoms with Crippen molar-refractivity contribution < 1.29 is 0 Å². The lowest BCUT2D eigenvalue weighted by molar-refractivity contribution is 0.346. The predicted octanol–water partition coefficient (Wildman–Crippen LogP) is 2.71. The average Bonchev–Trinajstić information content (AvgIpc) is 2.31. The molecule has 1 atom stereocenters. The lowest BCUT2D eigenvalue weighted by Gasteiger charge is -2.23. The Balaban J connectivity index is 4.13. The van der Waals surface area contributed by atoms with Crippen molar-refractivity contribution in [3.63, 3.8) is 0 Å². The van der Waals surface area contributed by atoms with Crippen molar-refractivity contribution in [1.82, 2.24) is 15.5 Å². The first-order valence-electron chi connectivity index (χ1n) is 7.94. The van der Waals surface area contributed by atoms with Gasteiger partial charge in [-0.3, -0.25) is 4.99 Å². The van der Waals surface area contributed by atoms with E-state index in [0.717, 1.165) is 32.0 Å². The highest BCUT2D eigenvalue weighted by Gasteiger charge is 2.13. The maximum atomic E-state index is 4.64. The van der Waals surface area contributed by atoms with Crippen LogP contribution in [0.1, 0.15) is 53.9 Å². The monoisotopic (exact) mass is 284 g/mol. The summed E-state index contributed by atoms with van der Waals surface area (Å²) in [6.45, 7) is 14.1. The summed E-state index contributed by atoms with van der Waals surface area (Å²) in [5.74, 6) is 0.952. The van der Waals surface area contributed by atoms with Gasteiger partial charge in [0.25, 0.3) is 0 Å². The summed E-state index contributed by atoms with van der Waals surface area (Å²) in [6.07, 6.45) is 3.49. The standard InChI is InChI=1S/C16H36N4/c1-8-17-15(18-12-9-13-20(6)7)19-14(2)10-11-16(3,4)5/h14H,8-13H2,1-7H3,(H2,17,18,19). The molecule has 120 valence electrons. The highest BCUT2D eigenvalue weighted by molar-refractivity contribution is 5.80. The van der Waals surface area contributed by atoms with Gasteiger partial charge in [0.2, 0.25) is 0 Å². The van der Waals surface area contributed by atoms with Gasteiger partial charge in [-0.1, -0.05) is 20.8 Å². The fraction of sp³-hybridized carbons (Fsp3) is 0.938. The first-order valence-corrected chi connectivity index (χ1v) is 7.94. The molecular weight excluding hydrogens is 248 g/mol. The van der Waals surface area contributed by atoms with Gasteiger partial charge in [-0.05, 0) is 59.2 Å². The molecule has 1 unspecified atom stereocenters. The van der Waals surface area contributed by atoms with Gasteiger partial charge in [-0.25, -0.2) is 0 Å². The van der Waals surface area contributed by atoms with Gasteiger partial charge in [0.15, 0.2) is 5.96 Å². The molecule has 0 amide bonds. The topological polar surface area (TPSA) is 39.7 Å². The van der Waals surface area contributed by atoms with E-state index in [-0.39, 0.29) is 0 Å². The molecule has 0 saturated heterocycles. The third-order valence-corrected chi connectivity index (χ3v) is 3.09. The Bertz CT molecular complexity index is 266. The third kappa shape index (κ3) is 12.3. The molecule has 0 rings (SSSR count). The Labute approximate surface area is 126 Å². The average molecular weight is 284 g/mol. The number of hydrogen-bond donors (Lipinski definition) is 2. The van der Waals surface area contributed by atoms with E-state index in [2.05, 4.69) is 69.2 Å². The maximum absolute atomic E-state index is 4.64. The highest BCUT2D eigenvalue weighted by Crippen LogP contribution is 2.21. The smallest absolute Gasteiger partial charge is 0.191 e. The summed E-state index contributed by atoms with van der Waals surface area (Å²) in [5, 5.41) is 6.83. The van der Waals surface area contributed by atoms with Gasteiger partial charge in [0, 0.05) is 19.1 Å². The van der Waals surface area contributed by atoms with Gasteiger partial charge >= 0.3 is 0 Å². The van der Waals surface area contributed by atoms with Crippen molar-refractivity contribution >= 4 is 5.96 Å². The Morgan fingerprint density at radius 1 is 1.25 bits per heavy atom. The van der Waals surface area contributed by atoms with Crippen LogP contribution >= 0.6 is 0 Å². The van der Waals surface area contributed by atoms with E-state index in [0.29, 0.717) is 11.5 Å². The molecule has 0 spiro atoms. The minimum absolute atomic E-state index is 0.400. The molecule has 0 heterocycles. The molecule has 0 aromatic rings. The lowest BCUT2D eigenvalue weighted by Crippen LogP contribution is -2.42. The van der Waals surface area contributed by atoms with E-state index in [1.807, 2.05) is 0 Å². The number of rotatable bonds is 8. The van der Waals surface area contributed by atoms with Crippen LogP contribution in [0.3, 0.4) is 0 Å². The summed E-state index contributed by atoms with van der Waals surface area (Å²) in [7, 11) is 4.20. The van der Waals surface area contributed by atoms with Crippen LogP contribution in [0.5, 0.6) is 0 Å². The van der Waals surface area contributed by atoms with E-state index in [9.17, 15) is 0 Å². The van der Waals surface area contributed by atoms with Crippen molar-refractivity contribution in [2.45, 2.75) is 59.9 Å². The number of nitrogens with one attached hydrogen (secondary N) is 2. The molecule has 0 aliphatic rings. The number of nitrogens with zero attached hydrogens (tertiary/aromatic N) is 2. The summed E-state index contributed by atoms with van der Waals surface area (Å²) in [6, 6.07) is 0.459. The Morgan fingerprint density at radius 3 is 2.40 bits per heavy atom. The van der Waals surface area contributed by atoms with Crippen LogP contribution in [-0.4, -0.2) is 50.6 Å². The Hall–Kier alpha value is -0.770. The van der Waals surface area contributed by atoms with Crippen molar-refractivity contribution in [3.05, 3.63) is 0 Å². The Kier molecular flexibility index (Phi) is 9.64. The van der Waals surface area contributed by atoms with Crippen LogP contribution in [-0.2, 0) is 0 Å². The SMILES string of the molecule is CCNC(=NCCCN(C)C)NC(C)CCC(C)(C)C. The molecular formula is C16H36N4.